The van der Waals surface area contributed by atoms with Gasteiger partial charge < -0.3 is 35.9 Å². The summed E-state index contributed by atoms with van der Waals surface area (Å²) in [6.07, 6.45) is -0.783. The number of rotatable bonds is 6. The number of aromatic nitrogens is 2. The maximum atomic E-state index is 11.2. The van der Waals surface area contributed by atoms with Crippen LogP contribution in [0, 0.1) is 0 Å². The molecule has 1 heterocycles. The topological polar surface area (TPSA) is 179 Å². The van der Waals surface area contributed by atoms with Crippen LogP contribution in [0.5, 0.6) is 0 Å². The number of nitrogen functional groups attached to an aromatic ring is 2. The van der Waals surface area contributed by atoms with Crippen LogP contribution in [0.25, 0.3) is 0 Å². The van der Waals surface area contributed by atoms with Crippen LogP contribution in [-0.2, 0) is 9.30 Å². The highest BCUT2D eigenvalue weighted by molar-refractivity contribution is 7.50. The summed E-state index contributed by atoms with van der Waals surface area (Å²) < 4.78 is 15.0. The first-order valence-electron chi connectivity index (χ1n) is 4.79. The van der Waals surface area contributed by atoms with Crippen molar-refractivity contribution in [2.45, 2.75) is 0 Å². The average molecular weight is 278 g/mol. The van der Waals surface area contributed by atoms with E-state index in [9.17, 15) is 14.3 Å². The maximum Gasteiger partial charge on any atom is 0.277 e. The molecular weight excluding hydrogens is 265 g/mol. The van der Waals surface area contributed by atoms with Gasteiger partial charge in [0, 0.05) is 6.54 Å². The van der Waals surface area contributed by atoms with Gasteiger partial charge in [0.05, 0.1) is 6.61 Å². The zero-order valence-corrected chi connectivity index (χ0v) is 10.1. The Kier molecular flexibility index (Phi) is 4.68. The summed E-state index contributed by atoms with van der Waals surface area (Å²) in [7, 11) is -4.42. The third kappa shape index (κ3) is 4.72. The van der Waals surface area contributed by atoms with Gasteiger partial charge in [-0.3, -0.25) is 9.78 Å². The molecule has 0 radical (unpaired) electrons. The van der Waals surface area contributed by atoms with E-state index in [1.54, 1.807) is 0 Å². The van der Waals surface area contributed by atoms with Gasteiger partial charge in [-0.25, -0.2) is 0 Å². The number of nitrogens with two attached hydrogens (primary N) is 2. The fraction of sp³-hybridized carbons (Fsp3) is 0.429. The number of nitrogens with zero attached hydrogens (tertiary/aromatic N) is 1. The standard InChI is InChI=1S/C7H14N5O5P/c8-4-5(11-7(9)12-6(4)13)10-1-2-17-3-18(14,15)16/h1-3,8H2,(H2,14,15,16)(H4,9,10,11,12,13)/p-1. The minimum Gasteiger partial charge on any atom is -0.777 e. The van der Waals surface area contributed by atoms with Crippen molar-refractivity contribution in [3.8, 4) is 0 Å². The smallest absolute Gasteiger partial charge is 0.277 e. The molecule has 1 atom stereocenters. The number of hydrogen-bond donors (Lipinski definition) is 5. The summed E-state index contributed by atoms with van der Waals surface area (Å²) in [5, 5.41) is 2.65. The van der Waals surface area contributed by atoms with Gasteiger partial charge >= 0.3 is 0 Å². The molecular formula is C7H13N5O5P-. The second-order valence-electron chi connectivity index (χ2n) is 3.32. The molecule has 1 aromatic rings. The minimum atomic E-state index is -4.42. The Morgan fingerprint density at radius 2 is 2.22 bits per heavy atom. The Balaban J connectivity index is 2.45. The molecule has 11 heteroatoms. The molecule has 0 aromatic carbocycles. The van der Waals surface area contributed by atoms with Gasteiger partial charge in [-0.05, 0) is 0 Å². The van der Waals surface area contributed by atoms with E-state index in [-0.39, 0.29) is 30.6 Å². The van der Waals surface area contributed by atoms with Gasteiger partial charge in [0.2, 0.25) is 5.95 Å². The summed E-state index contributed by atoms with van der Waals surface area (Å²) in [6, 6.07) is 0. The van der Waals surface area contributed by atoms with Gasteiger partial charge in [-0.2, -0.15) is 4.98 Å². The van der Waals surface area contributed by atoms with E-state index in [2.05, 4.69) is 20.0 Å². The number of nitrogens with one attached hydrogen (secondary N) is 2. The van der Waals surface area contributed by atoms with Crippen molar-refractivity contribution >= 4 is 25.0 Å². The molecule has 0 saturated heterocycles. The summed E-state index contributed by atoms with van der Waals surface area (Å²) in [5.41, 5.74) is 10.0. The largest absolute Gasteiger partial charge is 0.777 e. The minimum absolute atomic E-state index is 0.0272. The molecule has 0 spiro atoms. The lowest BCUT2D eigenvalue weighted by molar-refractivity contribution is -0.198. The molecule has 0 saturated carbocycles. The first-order valence-corrected chi connectivity index (χ1v) is 6.55. The second-order valence-corrected chi connectivity index (χ2v) is 4.85. The predicted molar refractivity (Wildman–Crippen MR) is 62.8 cm³/mol. The summed E-state index contributed by atoms with van der Waals surface area (Å²) in [4.78, 5) is 35.9. The molecule has 0 aliphatic heterocycles. The molecule has 0 bridgehead atoms. The van der Waals surface area contributed by atoms with Crippen LogP contribution in [0.1, 0.15) is 0 Å². The number of anilines is 3. The number of ether oxygens (including phenoxy) is 1. The van der Waals surface area contributed by atoms with Gasteiger partial charge in [0.25, 0.3) is 5.56 Å². The highest BCUT2D eigenvalue weighted by Gasteiger charge is 2.06. The van der Waals surface area contributed by atoms with Gasteiger partial charge in [0.15, 0.2) is 13.4 Å². The van der Waals surface area contributed by atoms with Gasteiger partial charge in [0.1, 0.15) is 12.0 Å². The third-order valence-corrected chi connectivity index (χ3v) is 2.28. The highest BCUT2D eigenvalue weighted by Crippen LogP contribution is 2.27. The molecule has 10 nitrogen and oxygen atoms in total. The lowest BCUT2D eigenvalue weighted by atomic mass is 10.4. The van der Waals surface area contributed by atoms with E-state index in [0.717, 1.165) is 0 Å². The van der Waals surface area contributed by atoms with E-state index in [1.165, 1.54) is 0 Å². The highest BCUT2D eigenvalue weighted by atomic mass is 31.2. The van der Waals surface area contributed by atoms with E-state index in [0.29, 0.717) is 0 Å². The van der Waals surface area contributed by atoms with E-state index < -0.39 is 19.5 Å². The van der Waals surface area contributed by atoms with Crippen molar-refractivity contribution < 1.29 is 19.1 Å². The fourth-order valence-corrected chi connectivity index (χ4v) is 1.42. The Hall–Kier alpha value is -1.61. The van der Waals surface area contributed by atoms with Crippen LogP contribution < -0.4 is 27.2 Å². The van der Waals surface area contributed by atoms with Gasteiger partial charge in [-0.1, -0.05) is 0 Å². The molecule has 0 fully saturated rings. The molecule has 1 unspecified atom stereocenters. The SMILES string of the molecule is Nc1nc(NCCOCP(=O)([O-])O)c(N)c(=O)[nH]1. The van der Waals surface area contributed by atoms with Crippen LogP contribution in [0.2, 0.25) is 0 Å². The molecule has 1 aromatic heterocycles. The Morgan fingerprint density at radius 3 is 2.83 bits per heavy atom. The van der Waals surface area contributed by atoms with E-state index >= 15 is 0 Å². The normalized spacial score (nSPS) is 14.1. The number of H-pyrrole nitrogens is 1. The third-order valence-electron chi connectivity index (χ3n) is 1.77. The molecule has 0 aliphatic rings. The Bertz CT molecular complexity index is 511. The number of hydrogen-bond acceptors (Lipinski definition) is 8. The van der Waals surface area contributed by atoms with Crippen LogP contribution in [0.3, 0.4) is 0 Å². The van der Waals surface area contributed by atoms with Crippen LogP contribution in [0.15, 0.2) is 4.79 Å². The Morgan fingerprint density at radius 1 is 1.56 bits per heavy atom. The van der Waals surface area contributed by atoms with Gasteiger partial charge in [-0.15, -0.1) is 0 Å². The molecule has 0 amide bonds. The lowest BCUT2D eigenvalue weighted by Crippen LogP contribution is -2.20. The van der Waals surface area contributed by atoms with Crippen molar-refractivity contribution in [2.75, 3.05) is 36.3 Å². The first-order chi connectivity index (χ1) is 8.29. The summed E-state index contributed by atoms with van der Waals surface area (Å²) in [5.74, 6) is -0.0220. The summed E-state index contributed by atoms with van der Waals surface area (Å²) in [6.45, 7) is 0.112. The van der Waals surface area contributed by atoms with Crippen molar-refractivity contribution in [2.24, 2.45) is 0 Å². The zero-order chi connectivity index (χ0) is 13.8. The van der Waals surface area contributed by atoms with Crippen LogP contribution >= 0.6 is 7.60 Å². The predicted octanol–water partition coefficient (Wildman–Crippen LogP) is -2.13. The average Bonchev–Trinajstić information content (AvgIpc) is 2.22. The van der Waals surface area contributed by atoms with Crippen LogP contribution in [-0.4, -0.2) is 34.4 Å². The molecule has 102 valence electrons. The van der Waals surface area contributed by atoms with Crippen LogP contribution in [0.4, 0.5) is 17.5 Å². The van der Waals surface area contributed by atoms with Crippen molar-refractivity contribution in [1.29, 1.82) is 0 Å². The maximum absolute atomic E-state index is 11.2. The van der Waals surface area contributed by atoms with Crippen molar-refractivity contribution in [3.63, 3.8) is 0 Å². The quantitative estimate of drug-likeness (QED) is 0.286. The molecule has 0 aliphatic carbocycles. The van der Waals surface area contributed by atoms with E-state index in [4.69, 9.17) is 16.4 Å². The monoisotopic (exact) mass is 278 g/mol. The fourth-order valence-electron chi connectivity index (χ4n) is 1.06. The molecule has 1 rings (SSSR count). The van der Waals surface area contributed by atoms with Crippen molar-refractivity contribution in [1.82, 2.24) is 9.97 Å². The van der Waals surface area contributed by atoms with Crippen molar-refractivity contribution in [3.05, 3.63) is 10.4 Å². The summed E-state index contributed by atoms with van der Waals surface area (Å²) >= 11 is 0. The second kappa shape index (κ2) is 5.83. The number of aromatic amines is 1. The molecule has 7 N–H and O–H groups in total. The first kappa shape index (κ1) is 14.5. The lowest BCUT2D eigenvalue weighted by Gasteiger charge is -2.15. The Labute approximate surface area is 102 Å². The van der Waals surface area contributed by atoms with E-state index in [1.807, 2.05) is 0 Å². The molecule has 18 heavy (non-hydrogen) atoms. The zero-order valence-electron chi connectivity index (χ0n) is 9.25.